The van der Waals surface area contributed by atoms with E-state index in [0.717, 1.165) is 22.7 Å². The number of hydrogen-bond donors (Lipinski definition) is 0. The van der Waals surface area contributed by atoms with E-state index in [1.165, 1.54) is 183 Å². The predicted molar refractivity (Wildman–Crippen MR) is 437 cm³/mol. The molecule has 16 aromatic carbocycles. The van der Waals surface area contributed by atoms with Crippen molar-refractivity contribution >= 4 is 150 Å². The Morgan fingerprint density at radius 1 is 0.157 bits per heavy atom. The number of rotatable bonds is 9. The molecule has 0 aliphatic rings. The van der Waals surface area contributed by atoms with Crippen LogP contribution in [-0.4, -0.2) is 18.3 Å². The molecule has 6 aromatic heterocycles. The van der Waals surface area contributed by atoms with Crippen LogP contribution in [-0.2, 0) is 0 Å². The third-order valence-electron chi connectivity index (χ3n) is 21.6. The minimum atomic E-state index is 1.13. The van der Waals surface area contributed by atoms with Crippen LogP contribution in [0.25, 0.3) is 206 Å². The van der Waals surface area contributed by atoms with Gasteiger partial charge in [-0.05, 0) is 195 Å². The Hall–Kier alpha value is -12.8. The maximum absolute atomic E-state index is 2.48. The summed E-state index contributed by atoms with van der Waals surface area (Å²) in [6.07, 6.45) is 0. The van der Waals surface area contributed by atoms with Gasteiger partial charge < -0.3 is 18.3 Å². The lowest BCUT2D eigenvalue weighted by atomic mass is 9.98. The highest BCUT2D eigenvalue weighted by Gasteiger charge is 2.22. The summed E-state index contributed by atoms with van der Waals surface area (Å²) >= 11 is 3.76. The second-order valence-corrected chi connectivity index (χ2v) is 29.3. The minimum absolute atomic E-state index is 1.13. The van der Waals surface area contributed by atoms with Crippen LogP contribution in [0.3, 0.4) is 0 Å². The topological polar surface area (TPSA) is 19.7 Å². The first-order valence-electron chi connectivity index (χ1n) is 34.9. The number of fused-ring (bicyclic) bond motifs is 18. The van der Waals surface area contributed by atoms with E-state index >= 15 is 0 Å². The molecule has 0 radical (unpaired) electrons. The number of thiophene rings is 2. The predicted octanol–water partition coefficient (Wildman–Crippen LogP) is 27.1. The fraction of sp³-hybridized carbons (Fsp3) is 0. The highest BCUT2D eigenvalue weighted by atomic mass is 32.1. The summed E-state index contributed by atoms with van der Waals surface area (Å²) in [5.74, 6) is 0. The molecule has 0 amide bonds. The van der Waals surface area contributed by atoms with Crippen molar-refractivity contribution < 1.29 is 0 Å². The number of aromatic nitrogens is 4. The van der Waals surface area contributed by atoms with Crippen LogP contribution < -0.4 is 0 Å². The Kier molecular flexibility index (Phi) is 12.5. The van der Waals surface area contributed by atoms with Crippen LogP contribution >= 0.6 is 22.7 Å². The van der Waals surface area contributed by atoms with Crippen molar-refractivity contribution in [2.45, 2.75) is 0 Å². The van der Waals surface area contributed by atoms with E-state index in [1.807, 2.05) is 22.7 Å². The Morgan fingerprint density at radius 2 is 0.490 bits per heavy atom. The summed E-state index contributed by atoms with van der Waals surface area (Å²) < 4.78 is 14.9. The second-order valence-electron chi connectivity index (χ2n) is 27.1. The summed E-state index contributed by atoms with van der Waals surface area (Å²) in [7, 11) is 0. The average molecular weight is 1330 g/mol. The third-order valence-corrected chi connectivity index (χ3v) is 23.9. The normalized spacial score (nSPS) is 12.1. The Morgan fingerprint density at radius 3 is 1.05 bits per heavy atom. The van der Waals surface area contributed by atoms with Crippen molar-refractivity contribution in [3.63, 3.8) is 0 Å². The fourth-order valence-corrected chi connectivity index (χ4v) is 19.2. The fourth-order valence-electron chi connectivity index (χ4n) is 16.8. The Balaban J connectivity index is 0.626. The molecule has 4 nitrogen and oxygen atoms in total. The molecule has 474 valence electrons. The van der Waals surface area contributed by atoms with Gasteiger partial charge in [0.25, 0.3) is 0 Å². The Bertz CT molecular complexity index is 7220. The summed E-state index contributed by atoms with van der Waals surface area (Å²) in [5.41, 5.74) is 26.1. The highest BCUT2D eigenvalue weighted by molar-refractivity contribution is 7.26. The van der Waals surface area contributed by atoms with Gasteiger partial charge in [0.05, 0.1) is 44.1 Å². The maximum Gasteiger partial charge on any atom is 0.0547 e. The zero-order valence-corrected chi connectivity index (χ0v) is 56.7. The van der Waals surface area contributed by atoms with Gasteiger partial charge in [-0.2, -0.15) is 0 Å². The lowest BCUT2D eigenvalue weighted by molar-refractivity contribution is 1.18. The zero-order chi connectivity index (χ0) is 66.7. The van der Waals surface area contributed by atoms with Crippen molar-refractivity contribution in [1.82, 2.24) is 18.3 Å². The maximum atomic E-state index is 2.48. The molecular weight excluding hydrogens is 1270 g/mol. The number of nitrogens with zero attached hydrogens (tertiary/aromatic N) is 4. The molecule has 0 atom stereocenters. The molecule has 22 aromatic rings. The van der Waals surface area contributed by atoms with E-state index in [2.05, 4.69) is 370 Å². The molecule has 0 unspecified atom stereocenters. The molecule has 0 N–H and O–H groups in total. The monoisotopic (exact) mass is 1330 g/mol. The van der Waals surface area contributed by atoms with Gasteiger partial charge in [0, 0.05) is 106 Å². The molecule has 0 spiro atoms. The standard InChI is InChI=1S/C96H58N4S2/c1-3-16-68(17-4-1)97-86-27-12-8-21-74(86)81-52-62(37-48-88(81)97)64-34-45-76-73-20-7-11-26-85(73)99(91(76)56-64)70-41-30-59(31-42-70)61-40-51-94-84(54-61)80-25-15-24-72(96(80)102-94)67-39-50-90-83(55-67)77-46-35-65(63-38-49-89-82(53-63)75-22-9-13-28-87(75)98(89)69-18-5-2-6-19-69)57-92(77)100(90)71-43-32-60(33-44-71)66-36-47-79-78-23-10-14-29-93(78)101-95(79)58-66/h1-58H. The molecule has 6 heterocycles. The van der Waals surface area contributed by atoms with E-state index in [0.29, 0.717) is 0 Å². The molecule has 0 saturated carbocycles. The van der Waals surface area contributed by atoms with Crippen LogP contribution in [0.4, 0.5) is 0 Å². The number of benzene rings is 16. The summed E-state index contributed by atoms with van der Waals surface area (Å²) in [6, 6.07) is 131. The molecule has 0 fully saturated rings. The molecule has 22 rings (SSSR count). The molecule has 0 saturated heterocycles. The molecule has 102 heavy (non-hydrogen) atoms. The quantitative estimate of drug-likeness (QED) is 0.137. The van der Waals surface area contributed by atoms with Gasteiger partial charge in [-0.15, -0.1) is 22.7 Å². The lowest BCUT2D eigenvalue weighted by Gasteiger charge is -2.11. The summed E-state index contributed by atoms with van der Waals surface area (Å²) in [5, 5.41) is 15.1. The SMILES string of the molecule is c1ccc(-n2c3ccccc3c3cc(-c4ccc5c6ccccc6n(-c6ccc(-c7ccc8sc9c(-c%10ccc%11c(c%10)c%10ccc(-c%12ccc%13c(c%12)c%12ccccc%12n%13-c%12ccccc%12)cc%10n%11-c%10ccc(-c%11ccc%12c(c%11)sc%11ccccc%11%12)cc%10)cccc9c8c7)cc6)c5c4)ccc32)cc1. The van der Waals surface area contributed by atoms with Crippen LogP contribution in [0.15, 0.2) is 352 Å². The average Bonchev–Trinajstić information content (AvgIpc) is 1.58. The van der Waals surface area contributed by atoms with Gasteiger partial charge in [-0.25, -0.2) is 0 Å². The molecule has 6 heteroatoms. The van der Waals surface area contributed by atoms with E-state index in [-0.39, 0.29) is 0 Å². The first-order chi connectivity index (χ1) is 50.5. The molecular formula is C96H58N4S2. The molecule has 0 aliphatic carbocycles. The first kappa shape index (κ1) is 57.1. The largest absolute Gasteiger partial charge is 0.309 e. The molecule has 0 aliphatic heterocycles. The van der Waals surface area contributed by atoms with Crippen molar-refractivity contribution in [2.24, 2.45) is 0 Å². The van der Waals surface area contributed by atoms with Crippen molar-refractivity contribution in [3.8, 4) is 78.4 Å². The minimum Gasteiger partial charge on any atom is -0.309 e. The smallest absolute Gasteiger partial charge is 0.0547 e. The zero-order valence-electron chi connectivity index (χ0n) is 55.1. The third kappa shape index (κ3) is 8.74. The van der Waals surface area contributed by atoms with Crippen LogP contribution in [0.2, 0.25) is 0 Å². The second kappa shape index (κ2) is 22.3. The van der Waals surface area contributed by atoms with Crippen LogP contribution in [0.1, 0.15) is 0 Å². The van der Waals surface area contributed by atoms with Crippen molar-refractivity contribution in [3.05, 3.63) is 352 Å². The van der Waals surface area contributed by atoms with Gasteiger partial charge in [0.15, 0.2) is 0 Å². The highest BCUT2D eigenvalue weighted by Crippen LogP contribution is 2.47. The Labute approximate surface area is 594 Å². The first-order valence-corrected chi connectivity index (χ1v) is 36.6. The molecule has 0 bridgehead atoms. The van der Waals surface area contributed by atoms with Gasteiger partial charge in [0.1, 0.15) is 0 Å². The van der Waals surface area contributed by atoms with E-state index in [4.69, 9.17) is 0 Å². The van der Waals surface area contributed by atoms with E-state index < -0.39 is 0 Å². The lowest BCUT2D eigenvalue weighted by Crippen LogP contribution is -1.94. The number of hydrogen-bond acceptors (Lipinski definition) is 2. The van der Waals surface area contributed by atoms with E-state index in [9.17, 15) is 0 Å². The van der Waals surface area contributed by atoms with Gasteiger partial charge in [-0.3, -0.25) is 0 Å². The van der Waals surface area contributed by atoms with Crippen molar-refractivity contribution in [2.75, 3.05) is 0 Å². The van der Waals surface area contributed by atoms with Gasteiger partial charge in [0.2, 0.25) is 0 Å². The number of para-hydroxylation sites is 5. The van der Waals surface area contributed by atoms with Crippen LogP contribution in [0.5, 0.6) is 0 Å². The summed E-state index contributed by atoms with van der Waals surface area (Å²) in [4.78, 5) is 0. The van der Waals surface area contributed by atoms with E-state index in [1.54, 1.807) is 0 Å². The van der Waals surface area contributed by atoms with Gasteiger partial charge in [-0.1, -0.05) is 212 Å². The van der Waals surface area contributed by atoms with Gasteiger partial charge >= 0.3 is 0 Å². The summed E-state index contributed by atoms with van der Waals surface area (Å²) in [6.45, 7) is 0. The van der Waals surface area contributed by atoms with Crippen molar-refractivity contribution in [1.29, 1.82) is 0 Å². The van der Waals surface area contributed by atoms with Crippen LogP contribution in [0, 0.1) is 0 Å².